The van der Waals surface area contributed by atoms with Crippen LogP contribution in [0.4, 0.5) is 0 Å². The van der Waals surface area contributed by atoms with Crippen molar-refractivity contribution >= 4 is 29.8 Å². The Kier molecular flexibility index (Phi) is 16.5. The zero-order valence-electron chi connectivity index (χ0n) is 37.0. The zero-order valence-corrected chi connectivity index (χ0v) is 37.0. The summed E-state index contributed by atoms with van der Waals surface area (Å²) >= 11 is 0. The van der Waals surface area contributed by atoms with Crippen LogP contribution in [0, 0.1) is 16.7 Å². The van der Waals surface area contributed by atoms with Gasteiger partial charge in [-0.1, -0.05) is 59.3 Å². The summed E-state index contributed by atoms with van der Waals surface area (Å²) in [5.41, 5.74) is -1.98. The Labute approximate surface area is 357 Å². The Morgan fingerprint density at radius 1 is 0.869 bits per heavy atom. The Morgan fingerprint density at radius 2 is 1.52 bits per heavy atom. The lowest BCUT2D eigenvalue weighted by Gasteiger charge is -2.54. The lowest BCUT2D eigenvalue weighted by Crippen LogP contribution is -2.62. The van der Waals surface area contributed by atoms with E-state index in [4.69, 9.17) is 37.9 Å². The molecule has 0 aromatic carbocycles. The Hall–Kier alpha value is -3.71. The smallest absolute Gasteiger partial charge is 0.330 e. The molecule has 0 radical (unpaired) electrons. The predicted molar refractivity (Wildman–Crippen MR) is 215 cm³/mol. The average molecular weight is 867 g/mol. The van der Waals surface area contributed by atoms with Gasteiger partial charge in [-0.05, 0) is 37.7 Å². The molecule has 3 saturated heterocycles. The highest BCUT2D eigenvalue weighted by atomic mass is 16.7. The fourth-order valence-corrected chi connectivity index (χ4v) is 8.45. The number of methoxy groups -OCH3 is 2. The number of esters is 5. The fourth-order valence-electron chi connectivity index (χ4n) is 8.45. The Morgan fingerprint density at radius 3 is 2.13 bits per heavy atom. The van der Waals surface area contributed by atoms with Crippen LogP contribution in [0.25, 0.3) is 0 Å². The van der Waals surface area contributed by atoms with Crippen LogP contribution in [-0.4, -0.2) is 131 Å². The van der Waals surface area contributed by atoms with Crippen molar-refractivity contribution in [2.45, 2.75) is 180 Å². The van der Waals surface area contributed by atoms with Gasteiger partial charge in [-0.15, -0.1) is 0 Å². The molecule has 0 saturated carbocycles. The maximum absolute atomic E-state index is 13.4. The summed E-state index contributed by atoms with van der Waals surface area (Å²) in [4.78, 5) is 64.3. The molecule has 17 heteroatoms. The SMILES string of the molecule is COC(=O)/C=C1\C[C@H]2C[C@]3(O)O[C@H](C[C@@H](O)CC(=O)O[C@@H]([C@H](C)O)C[C@@H]4C/C(=C\C(=O)OC)[C@H](OC(C)=O)[C@@](O)(O4)C(C)(C)/C=C/[C@@H](C1)O2)C[C@H](OC(=O)CC(C)C)C3(C)C. The lowest BCUT2D eigenvalue weighted by molar-refractivity contribution is -0.349. The van der Waals surface area contributed by atoms with E-state index in [0.717, 1.165) is 20.1 Å². The number of hydrogen-bond acceptors (Lipinski definition) is 17. The molecule has 4 N–H and O–H groups in total. The first-order chi connectivity index (χ1) is 28.3. The minimum Gasteiger partial charge on any atom is -0.466 e. The van der Waals surface area contributed by atoms with Crippen LogP contribution in [-0.2, 0) is 61.9 Å². The third-order valence-electron chi connectivity index (χ3n) is 12.0. The summed E-state index contributed by atoms with van der Waals surface area (Å²) in [5, 5.41) is 47.4. The molecule has 6 bridgehead atoms. The number of aliphatic hydroxyl groups is 4. The van der Waals surface area contributed by atoms with Crippen LogP contribution in [0.2, 0.25) is 0 Å². The molecule has 0 unspecified atom stereocenters. The number of cyclic esters (lactones) is 1. The highest BCUT2D eigenvalue weighted by Crippen LogP contribution is 2.50. The van der Waals surface area contributed by atoms with Gasteiger partial charge < -0.3 is 58.3 Å². The van der Waals surface area contributed by atoms with E-state index in [0.29, 0.717) is 5.57 Å². The van der Waals surface area contributed by atoms with Crippen molar-refractivity contribution in [1.82, 2.24) is 0 Å². The van der Waals surface area contributed by atoms with E-state index in [2.05, 4.69) is 0 Å². The Balaban J connectivity index is 1.87. The highest BCUT2D eigenvalue weighted by molar-refractivity contribution is 5.83. The van der Waals surface area contributed by atoms with Crippen molar-refractivity contribution in [2.24, 2.45) is 16.7 Å². The van der Waals surface area contributed by atoms with Crippen molar-refractivity contribution < 1.29 is 82.3 Å². The quantitative estimate of drug-likeness (QED) is 0.124. The normalized spacial score (nSPS) is 36.8. The van der Waals surface area contributed by atoms with Gasteiger partial charge >= 0.3 is 29.8 Å². The lowest BCUT2D eigenvalue weighted by atomic mass is 9.70. The van der Waals surface area contributed by atoms with Crippen LogP contribution < -0.4 is 0 Å². The molecule has 0 aromatic heterocycles. The van der Waals surface area contributed by atoms with Crippen LogP contribution >= 0.6 is 0 Å². The molecule has 4 rings (SSSR count). The van der Waals surface area contributed by atoms with Crippen molar-refractivity contribution in [3.8, 4) is 0 Å². The van der Waals surface area contributed by atoms with E-state index < -0.39 is 114 Å². The van der Waals surface area contributed by atoms with Crippen LogP contribution in [0.1, 0.15) is 113 Å². The fraction of sp³-hybridized carbons (Fsp3) is 0.750. The van der Waals surface area contributed by atoms with E-state index in [1.54, 1.807) is 39.8 Å². The second kappa shape index (κ2) is 20.2. The van der Waals surface area contributed by atoms with E-state index in [9.17, 15) is 44.4 Å². The first kappa shape index (κ1) is 49.9. The molecule has 4 aliphatic heterocycles. The topological polar surface area (TPSA) is 240 Å². The predicted octanol–water partition coefficient (Wildman–Crippen LogP) is 3.41. The van der Waals surface area contributed by atoms with Crippen molar-refractivity contribution in [2.75, 3.05) is 14.2 Å². The maximum Gasteiger partial charge on any atom is 0.330 e. The zero-order chi connectivity index (χ0) is 45.7. The van der Waals surface area contributed by atoms with Gasteiger partial charge in [0.05, 0.1) is 62.7 Å². The molecule has 3 fully saturated rings. The number of rotatable bonds is 7. The van der Waals surface area contributed by atoms with Gasteiger partial charge in [-0.2, -0.15) is 0 Å². The van der Waals surface area contributed by atoms with Crippen LogP contribution in [0.3, 0.4) is 0 Å². The summed E-state index contributed by atoms with van der Waals surface area (Å²) in [6.07, 6.45) is -4.92. The van der Waals surface area contributed by atoms with Gasteiger partial charge in [0.15, 0.2) is 11.9 Å². The summed E-state index contributed by atoms with van der Waals surface area (Å²) in [6.45, 7) is 12.9. The largest absolute Gasteiger partial charge is 0.466 e. The van der Waals surface area contributed by atoms with Gasteiger partial charge in [0.25, 0.3) is 0 Å². The number of ether oxygens (including phenoxy) is 8. The summed E-state index contributed by atoms with van der Waals surface area (Å²) in [6, 6.07) is 0. The standard InChI is InChI=1S/C44H66O17/c1-24(2)13-38(50)59-35-22-32-19-29(47)20-39(51)58-34(25(3)45)21-31-17-28(18-37(49)55-10)40(56-26(4)46)44(53,61-31)41(5,6)12-11-30-14-27(16-36(48)54-9)15-33(57-30)23-43(52,60-32)42(35,7)8/h11-12,16,18,24-25,29-35,40,45,47,52-53H,13-15,17,19-23H2,1-10H3/b12-11+,27-16-,28-18+/t25-,29+,30-,31-,32+,33-,34+,35-,40-,43-,44+/m0/s1. The molecule has 344 valence electrons. The number of fused-ring (bicyclic) bond motifs is 6. The third kappa shape index (κ3) is 12.5. The second-order valence-corrected chi connectivity index (χ2v) is 18.3. The molecule has 0 aliphatic carbocycles. The third-order valence-corrected chi connectivity index (χ3v) is 12.0. The summed E-state index contributed by atoms with van der Waals surface area (Å²) in [5.74, 6) is -8.04. The number of carbonyl (C=O) groups excluding carboxylic acids is 5. The molecular formula is C44H66O17. The van der Waals surface area contributed by atoms with E-state index >= 15 is 0 Å². The van der Waals surface area contributed by atoms with Gasteiger partial charge in [0, 0.05) is 56.6 Å². The average Bonchev–Trinajstić information content (AvgIpc) is 3.13. The Bertz CT molecular complexity index is 1700. The van der Waals surface area contributed by atoms with Crippen LogP contribution in [0.15, 0.2) is 35.5 Å². The highest BCUT2D eigenvalue weighted by Gasteiger charge is 2.59. The number of carbonyl (C=O) groups is 5. The van der Waals surface area contributed by atoms with E-state index in [1.165, 1.54) is 20.1 Å². The number of hydrogen-bond donors (Lipinski definition) is 4. The molecule has 0 spiro atoms. The van der Waals surface area contributed by atoms with Crippen molar-refractivity contribution in [1.29, 1.82) is 0 Å². The second-order valence-electron chi connectivity index (χ2n) is 18.3. The van der Waals surface area contributed by atoms with E-state index in [-0.39, 0.29) is 62.9 Å². The first-order valence-electron chi connectivity index (χ1n) is 20.9. The molecule has 0 aromatic rings. The van der Waals surface area contributed by atoms with E-state index in [1.807, 2.05) is 13.8 Å². The molecule has 11 atom stereocenters. The molecule has 17 nitrogen and oxygen atoms in total. The van der Waals surface area contributed by atoms with Crippen molar-refractivity contribution in [3.63, 3.8) is 0 Å². The minimum absolute atomic E-state index is 0.00726. The van der Waals surface area contributed by atoms with Gasteiger partial charge in [-0.25, -0.2) is 9.59 Å². The molecule has 0 amide bonds. The number of aliphatic hydroxyl groups excluding tert-OH is 2. The van der Waals surface area contributed by atoms with Gasteiger partial charge in [0.1, 0.15) is 12.2 Å². The summed E-state index contributed by atoms with van der Waals surface area (Å²) in [7, 11) is 2.40. The molecular weight excluding hydrogens is 800 g/mol. The van der Waals surface area contributed by atoms with Gasteiger partial charge in [-0.3, -0.25) is 14.4 Å². The monoisotopic (exact) mass is 866 g/mol. The van der Waals surface area contributed by atoms with Crippen LogP contribution in [0.5, 0.6) is 0 Å². The van der Waals surface area contributed by atoms with Gasteiger partial charge in [0.2, 0.25) is 5.79 Å². The molecule has 4 aliphatic rings. The first-order valence-corrected chi connectivity index (χ1v) is 20.9. The minimum atomic E-state index is -2.41. The summed E-state index contributed by atoms with van der Waals surface area (Å²) < 4.78 is 46.5. The van der Waals surface area contributed by atoms with Crippen molar-refractivity contribution in [3.05, 3.63) is 35.5 Å². The maximum atomic E-state index is 13.4. The molecule has 61 heavy (non-hydrogen) atoms. The molecule has 4 heterocycles.